The van der Waals surface area contributed by atoms with Crippen LogP contribution >= 0.6 is 11.3 Å². The third-order valence-electron chi connectivity index (χ3n) is 3.11. The summed E-state index contributed by atoms with van der Waals surface area (Å²) in [6.07, 6.45) is 1.53. The van der Waals surface area contributed by atoms with Crippen LogP contribution in [0.1, 0.15) is 0 Å². The second-order valence-electron chi connectivity index (χ2n) is 4.36. The molecule has 102 valence electrons. The van der Waals surface area contributed by atoms with Gasteiger partial charge in [-0.15, -0.1) is 11.3 Å². The summed E-state index contributed by atoms with van der Waals surface area (Å²) in [5, 5.41) is 3.07. The molecule has 0 N–H and O–H groups in total. The number of carbonyl (C=O) groups excluding carboxylic acids is 1. The predicted molar refractivity (Wildman–Crippen MR) is 78.4 cm³/mol. The largest absolute Gasteiger partial charge is 0.378 e. The maximum absolute atomic E-state index is 10.2. The van der Waals surface area contributed by atoms with Crippen LogP contribution < -0.4 is 4.90 Å². The van der Waals surface area contributed by atoms with Crippen LogP contribution in [-0.4, -0.2) is 37.4 Å². The highest BCUT2D eigenvalue weighted by atomic mass is 32.1. The Balaban J connectivity index is 1.80. The predicted octanol–water partition coefficient (Wildman–Crippen LogP) is 2.61. The average Bonchev–Trinajstić information content (AvgIpc) is 2.99. The highest BCUT2D eigenvalue weighted by Gasteiger charge is 2.15. The van der Waals surface area contributed by atoms with E-state index in [0.717, 1.165) is 42.7 Å². The topological polar surface area (TPSA) is 54.8 Å². The number of anilines is 1. The number of isocyanates is 1. The molecule has 20 heavy (non-hydrogen) atoms. The number of hydrogen-bond acceptors (Lipinski definition) is 6. The SMILES string of the molecule is O=C=Nc1ccc(-c2csc(N3CCOCC3)n2)cc1. The van der Waals surface area contributed by atoms with E-state index in [9.17, 15) is 4.79 Å². The maximum Gasteiger partial charge on any atom is 0.240 e. The first-order valence-electron chi connectivity index (χ1n) is 6.33. The summed E-state index contributed by atoms with van der Waals surface area (Å²) in [6.45, 7) is 3.29. The van der Waals surface area contributed by atoms with Crippen molar-refractivity contribution in [1.29, 1.82) is 0 Å². The minimum atomic E-state index is 0.604. The van der Waals surface area contributed by atoms with Gasteiger partial charge < -0.3 is 9.64 Å². The fourth-order valence-electron chi connectivity index (χ4n) is 2.06. The van der Waals surface area contributed by atoms with Crippen LogP contribution in [0.2, 0.25) is 0 Å². The van der Waals surface area contributed by atoms with E-state index in [0.29, 0.717) is 5.69 Å². The zero-order valence-electron chi connectivity index (χ0n) is 10.8. The number of rotatable bonds is 3. The minimum Gasteiger partial charge on any atom is -0.378 e. The summed E-state index contributed by atoms with van der Waals surface area (Å²) in [5.41, 5.74) is 2.57. The van der Waals surface area contributed by atoms with Gasteiger partial charge in [0.15, 0.2) is 5.13 Å². The van der Waals surface area contributed by atoms with Gasteiger partial charge in [-0.05, 0) is 12.1 Å². The standard InChI is InChI=1S/C14H13N3O2S/c18-10-15-12-3-1-11(2-4-12)13-9-20-14(16-13)17-5-7-19-8-6-17/h1-4,9H,5-8H2. The molecule has 0 saturated carbocycles. The highest BCUT2D eigenvalue weighted by Crippen LogP contribution is 2.28. The molecule has 2 heterocycles. The Bertz CT molecular complexity index is 626. The molecular weight excluding hydrogens is 274 g/mol. The van der Waals surface area contributed by atoms with E-state index in [1.54, 1.807) is 23.5 Å². The van der Waals surface area contributed by atoms with Gasteiger partial charge >= 0.3 is 0 Å². The fourth-order valence-corrected chi connectivity index (χ4v) is 2.94. The van der Waals surface area contributed by atoms with Gasteiger partial charge in [-0.1, -0.05) is 12.1 Å². The lowest BCUT2D eigenvalue weighted by molar-refractivity contribution is 0.122. The summed E-state index contributed by atoms with van der Waals surface area (Å²) in [6, 6.07) is 7.39. The molecule has 0 spiro atoms. The molecule has 1 aliphatic rings. The van der Waals surface area contributed by atoms with Crippen LogP contribution in [0.3, 0.4) is 0 Å². The van der Waals surface area contributed by atoms with E-state index in [1.165, 1.54) is 6.08 Å². The van der Waals surface area contributed by atoms with Crippen LogP contribution in [0.15, 0.2) is 34.6 Å². The molecule has 1 fully saturated rings. The number of morpholine rings is 1. The minimum absolute atomic E-state index is 0.604. The Morgan fingerprint density at radius 1 is 1.25 bits per heavy atom. The molecule has 1 aliphatic heterocycles. The quantitative estimate of drug-likeness (QED) is 0.643. The van der Waals surface area contributed by atoms with Crippen molar-refractivity contribution in [1.82, 2.24) is 4.98 Å². The first kappa shape index (κ1) is 13.0. The smallest absolute Gasteiger partial charge is 0.240 e. The summed E-state index contributed by atoms with van der Waals surface area (Å²) in [5.74, 6) is 0. The van der Waals surface area contributed by atoms with Gasteiger partial charge in [-0.2, -0.15) is 4.99 Å². The monoisotopic (exact) mass is 287 g/mol. The molecule has 0 atom stereocenters. The van der Waals surface area contributed by atoms with E-state index in [2.05, 4.69) is 14.9 Å². The number of ether oxygens (including phenoxy) is 1. The van der Waals surface area contributed by atoms with Crippen LogP contribution in [0.25, 0.3) is 11.3 Å². The van der Waals surface area contributed by atoms with E-state index >= 15 is 0 Å². The molecule has 0 amide bonds. The average molecular weight is 287 g/mol. The number of aromatic nitrogens is 1. The van der Waals surface area contributed by atoms with Crippen LogP contribution in [0.4, 0.5) is 10.8 Å². The Morgan fingerprint density at radius 2 is 2.00 bits per heavy atom. The van der Waals surface area contributed by atoms with E-state index in [1.807, 2.05) is 17.5 Å². The lowest BCUT2D eigenvalue weighted by Crippen LogP contribution is -2.36. The van der Waals surface area contributed by atoms with Gasteiger partial charge in [0.1, 0.15) is 0 Å². The van der Waals surface area contributed by atoms with Crippen molar-refractivity contribution < 1.29 is 9.53 Å². The lowest BCUT2D eigenvalue weighted by atomic mass is 10.1. The summed E-state index contributed by atoms with van der Waals surface area (Å²) < 4.78 is 5.34. The Labute approximate surface area is 120 Å². The van der Waals surface area contributed by atoms with Crippen molar-refractivity contribution >= 4 is 28.2 Å². The lowest BCUT2D eigenvalue weighted by Gasteiger charge is -2.26. The number of aliphatic imine (C=N–C) groups is 1. The van der Waals surface area contributed by atoms with Crippen LogP contribution in [-0.2, 0) is 9.53 Å². The number of benzene rings is 1. The Kier molecular flexibility index (Phi) is 3.87. The summed E-state index contributed by atoms with van der Waals surface area (Å²) in [4.78, 5) is 20.7. The van der Waals surface area contributed by atoms with Gasteiger partial charge in [0.25, 0.3) is 0 Å². The molecule has 1 saturated heterocycles. The molecule has 5 nitrogen and oxygen atoms in total. The van der Waals surface area contributed by atoms with Crippen molar-refractivity contribution in [2.75, 3.05) is 31.2 Å². The zero-order chi connectivity index (χ0) is 13.8. The van der Waals surface area contributed by atoms with Gasteiger partial charge in [-0.3, -0.25) is 0 Å². The van der Waals surface area contributed by atoms with Crippen molar-refractivity contribution in [3.05, 3.63) is 29.6 Å². The van der Waals surface area contributed by atoms with Crippen molar-refractivity contribution in [2.45, 2.75) is 0 Å². The zero-order valence-corrected chi connectivity index (χ0v) is 11.6. The molecule has 0 aliphatic carbocycles. The molecule has 0 unspecified atom stereocenters. The first-order chi connectivity index (χ1) is 9.86. The van der Waals surface area contributed by atoms with Crippen molar-refractivity contribution in [3.63, 3.8) is 0 Å². The maximum atomic E-state index is 10.2. The van der Waals surface area contributed by atoms with Crippen LogP contribution in [0, 0.1) is 0 Å². The molecule has 2 aromatic rings. The van der Waals surface area contributed by atoms with E-state index in [-0.39, 0.29) is 0 Å². The molecule has 6 heteroatoms. The van der Waals surface area contributed by atoms with Crippen LogP contribution in [0.5, 0.6) is 0 Å². The molecule has 1 aromatic heterocycles. The molecule has 0 bridgehead atoms. The third-order valence-corrected chi connectivity index (χ3v) is 4.01. The van der Waals surface area contributed by atoms with E-state index < -0.39 is 0 Å². The van der Waals surface area contributed by atoms with Gasteiger partial charge in [-0.25, -0.2) is 9.78 Å². The van der Waals surface area contributed by atoms with Gasteiger partial charge in [0.05, 0.1) is 24.6 Å². The highest BCUT2D eigenvalue weighted by molar-refractivity contribution is 7.14. The molecular formula is C14H13N3O2S. The summed E-state index contributed by atoms with van der Waals surface area (Å²) >= 11 is 1.64. The van der Waals surface area contributed by atoms with Crippen molar-refractivity contribution in [2.24, 2.45) is 4.99 Å². The van der Waals surface area contributed by atoms with Crippen molar-refractivity contribution in [3.8, 4) is 11.3 Å². The number of thiazole rings is 1. The molecule has 0 radical (unpaired) electrons. The molecule has 3 rings (SSSR count). The van der Waals surface area contributed by atoms with E-state index in [4.69, 9.17) is 4.74 Å². The summed E-state index contributed by atoms with van der Waals surface area (Å²) in [7, 11) is 0. The molecule has 1 aromatic carbocycles. The fraction of sp³-hybridized carbons (Fsp3) is 0.286. The normalized spacial score (nSPS) is 14.9. The second kappa shape index (κ2) is 5.96. The third kappa shape index (κ3) is 2.77. The Hall–Kier alpha value is -2.01. The Morgan fingerprint density at radius 3 is 2.70 bits per heavy atom. The number of nitrogens with zero attached hydrogens (tertiary/aromatic N) is 3. The first-order valence-corrected chi connectivity index (χ1v) is 7.21. The van der Waals surface area contributed by atoms with Gasteiger partial charge in [0.2, 0.25) is 6.08 Å². The number of hydrogen-bond donors (Lipinski definition) is 0. The van der Waals surface area contributed by atoms with Gasteiger partial charge in [0, 0.05) is 24.0 Å². The second-order valence-corrected chi connectivity index (χ2v) is 5.20.